The molecule has 1 fully saturated rings. The van der Waals surface area contributed by atoms with Gasteiger partial charge in [-0.15, -0.1) is 0 Å². The van der Waals surface area contributed by atoms with Gasteiger partial charge in [-0.25, -0.2) is 0 Å². The molecule has 0 radical (unpaired) electrons. The molecule has 0 saturated carbocycles. The van der Waals surface area contributed by atoms with E-state index >= 15 is 0 Å². The van der Waals surface area contributed by atoms with E-state index in [-0.39, 0.29) is 11.2 Å². The molecule has 1 saturated heterocycles. The molecule has 5 aliphatic heterocycles. The van der Waals surface area contributed by atoms with Gasteiger partial charge in [-0.3, -0.25) is 9.80 Å². The Balaban J connectivity index is 0.000000114. The zero-order valence-corrected chi connectivity index (χ0v) is 48.1. The van der Waals surface area contributed by atoms with E-state index in [4.69, 9.17) is 28.3 Å². The van der Waals surface area contributed by atoms with Crippen LogP contribution in [-0.2, 0) is 9.31 Å². The third kappa shape index (κ3) is 8.93. The van der Waals surface area contributed by atoms with Gasteiger partial charge in [0.2, 0.25) is 0 Å². The maximum Gasteiger partial charge on any atom is 0.494 e. The van der Waals surface area contributed by atoms with Crippen molar-refractivity contribution in [3.8, 4) is 79.4 Å². The Kier molecular flexibility index (Phi) is 12.5. The van der Waals surface area contributed by atoms with E-state index in [2.05, 4.69) is 229 Å². The van der Waals surface area contributed by atoms with Gasteiger partial charge in [0.25, 0.3) is 0 Å². The Morgan fingerprint density at radius 3 is 1.21 bits per heavy atom. The number of fused-ring (bicyclic) bond motifs is 10. The van der Waals surface area contributed by atoms with Crippen molar-refractivity contribution in [1.82, 2.24) is 0 Å². The molecule has 0 aliphatic carbocycles. The van der Waals surface area contributed by atoms with Crippen LogP contribution in [0, 0.1) is 0 Å². The normalized spacial score (nSPS) is 14.7. The number of halogens is 1. The van der Waals surface area contributed by atoms with E-state index in [9.17, 15) is 0 Å². The summed E-state index contributed by atoms with van der Waals surface area (Å²) in [5.41, 5.74) is 13.3. The van der Waals surface area contributed by atoms with Crippen LogP contribution < -0.4 is 34.2 Å². The number of hydrogen-bond acceptors (Lipinski definition) is 8. The monoisotopic (exact) mass is 1160 g/mol. The molecular formula is C74H54BBrN2O6. The predicted octanol–water partition coefficient (Wildman–Crippen LogP) is 20.8. The Morgan fingerprint density at radius 1 is 0.321 bits per heavy atom. The number of anilines is 6. The molecule has 0 spiro atoms. The Bertz CT molecular complexity index is 4540. The Hall–Kier alpha value is -9.58. The quantitative estimate of drug-likeness (QED) is 0.162. The highest BCUT2D eigenvalue weighted by atomic mass is 79.9. The van der Waals surface area contributed by atoms with Crippen molar-refractivity contribution < 1.29 is 28.3 Å². The molecule has 12 aromatic rings. The van der Waals surface area contributed by atoms with Gasteiger partial charge in [0, 0.05) is 4.47 Å². The van der Waals surface area contributed by atoms with E-state index < -0.39 is 7.12 Å². The van der Waals surface area contributed by atoms with E-state index in [0.717, 1.165) is 101 Å². The molecule has 5 heterocycles. The first kappa shape index (κ1) is 51.3. The van der Waals surface area contributed by atoms with Gasteiger partial charge < -0.3 is 28.3 Å². The van der Waals surface area contributed by atoms with Crippen molar-refractivity contribution in [1.29, 1.82) is 0 Å². The van der Waals surface area contributed by atoms with E-state index in [1.165, 1.54) is 43.8 Å². The fourth-order valence-electron chi connectivity index (χ4n) is 11.8. The van der Waals surface area contributed by atoms with E-state index in [1.807, 2.05) is 78.9 Å². The summed E-state index contributed by atoms with van der Waals surface area (Å²) in [6.07, 6.45) is 0. The zero-order valence-electron chi connectivity index (χ0n) is 46.5. The summed E-state index contributed by atoms with van der Waals surface area (Å²) in [6, 6.07) is 87.8. The summed E-state index contributed by atoms with van der Waals surface area (Å²) in [4.78, 5) is 4.45. The van der Waals surface area contributed by atoms with Crippen molar-refractivity contribution in [3.63, 3.8) is 0 Å². The van der Waals surface area contributed by atoms with Crippen LogP contribution in [0.25, 0.3) is 54.9 Å². The smallest absolute Gasteiger partial charge is 0.453 e. The molecule has 0 atom stereocenters. The lowest BCUT2D eigenvalue weighted by Gasteiger charge is -2.37. The van der Waals surface area contributed by atoms with Crippen LogP contribution in [-0.4, -0.2) is 18.3 Å². The number of rotatable bonds is 4. The van der Waals surface area contributed by atoms with Crippen molar-refractivity contribution in [3.05, 3.63) is 259 Å². The number of para-hydroxylation sites is 6. The maximum atomic E-state index is 6.42. The molecule has 8 nitrogen and oxygen atoms in total. The van der Waals surface area contributed by atoms with Gasteiger partial charge in [-0.2, -0.15) is 0 Å². The minimum absolute atomic E-state index is 0.390. The number of ether oxygens (including phenoxy) is 4. The van der Waals surface area contributed by atoms with Crippen LogP contribution in [0.5, 0.6) is 46.0 Å². The molecule has 0 N–H and O–H groups in total. The summed E-state index contributed by atoms with van der Waals surface area (Å²) in [5, 5.41) is 5.11. The van der Waals surface area contributed by atoms with Crippen molar-refractivity contribution in [2.24, 2.45) is 0 Å². The molecule has 12 aromatic carbocycles. The first-order chi connectivity index (χ1) is 41.0. The molecule has 0 unspecified atom stereocenters. The minimum atomic E-state index is -0.436. The van der Waals surface area contributed by atoms with Crippen LogP contribution >= 0.6 is 15.9 Å². The third-order valence-corrected chi connectivity index (χ3v) is 17.2. The standard InChI is InChI=1S/C34H21NO2.C24H22BNO4.C16H11Br/c1-2-9-26-23(7-1)8-5-10-27(26)24-17-15-22(16-18-24)25-19-20-29-33(21-25)37-32-14-6-13-31-34(32)35(29)28-11-3-4-12-30(28)36-31;1-23(2)24(3,4)30-25(29-23)15-12-13-17-21(14-15)28-20-11-7-10-19-22(20)26(17)16-8-5-6-9-18(16)27-19;17-14-10-8-13(9-11-14)16-7-3-5-12-4-1-2-6-15(12)16/h1-21H;5-14H,1-4H3;1-11H. The second kappa shape index (κ2) is 20.4. The highest BCUT2D eigenvalue weighted by Crippen LogP contribution is 2.61. The van der Waals surface area contributed by atoms with Crippen LogP contribution in [0.2, 0.25) is 0 Å². The average Bonchev–Trinajstić information content (AvgIpc) is 1.44. The number of nitrogens with zero attached hydrogens (tertiary/aromatic N) is 2. The van der Waals surface area contributed by atoms with Gasteiger partial charge >= 0.3 is 7.12 Å². The fourth-order valence-corrected chi connectivity index (χ4v) is 12.0. The summed E-state index contributed by atoms with van der Waals surface area (Å²) in [5.74, 6) is 6.41. The fraction of sp³-hybridized carbons (Fsp3) is 0.0811. The lowest BCUT2D eigenvalue weighted by molar-refractivity contribution is 0.00578. The second-order valence-corrected chi connectivity index (χ2v) is 23.3. The molecule has 0 amide bonds. The molecular weight excluding hydrogens is 1100 g/mol. The van der Waals surface area contributed by atoms with Crippen molar-refractivity contribution in [2.45, 2.75) is 38.9 Å². The molecule has 406 valence electrons. The number of hydrogen-bond donors (Lipinski definition) is 0. The number of benzene rings is 12. The van der Waals surface area contributed by atoms with Crippen LogP contribution in [0.15, 0.2) is 259 Å². The highest BCUT2D eigenvalue weighted by Gasteiger charge is 2.52. The lowest BCUT2D eigenvalue weighted by Crippen LogP contribution is -2.41. The average molecular weight is 1160 g/mol. The maximum absolute atomic E-state index is 6.42. The molecule has 0 aromatic heterocycles. The van der Waals surface area contributed by atoms with Crippen LogP contribution in [0.3, 0.4) is 0 Å². The summed E-state index contributed by atoms with van der Waals surface area (Å²) in [7, 11) is -0.436. The van der Waals surface area contributed by atoms with Gasteiger partial charge in [0.15, 0.2) is 46.0 Å². The summed E-state index contributed by atoms with van der Waals surface area (Å²) < 4.78 is 38.6. The summed E-state index contributed by atoms with van der Waals surface area (Å²) >= 11 is 3.47. The van der Waals surface area contributed by atoms with Crippen molar-refractivity contribution in [2.75, 3.05) is 9.80 Å². The molecule has 10 heteroatoms. The Labute approximate surface area is 496 Å². The van der Waals surface area contributed by atoms with Gasteiger partial charge in [-0.1, -0.05) is 186 Å². The van der Waals surface area contributed by atoms with Gasteiger partial charge in [0.05, 0.1) is 34.0 Å². The molecule has 84 heavy (non-hydrogen) atoms. The first-order valence-corrected chi connectivity index (χ1v) is 29.0. The summed E-state index contributed by atoms with van der Waals surface area (Å²) in [6.45, 7) is 8.24. The van der Waals surface area contributed by atoms with Crippen LogP contribution in [0.1, 0.15) is 27.7 Å². The van der Waals surface area contributed by atoms with E-state index in [0.29, 0.717) is 0 Å². The largest absolute Gasteiger partial charge is 0.494 e. The lowest BCUT2D eigenvalue weighted by atomic mass is 9.78. The predicted molar refractivity (Wildman–Crippen MR) is 344 cm³/mol. The first-order valence-electron chi connectivity index (χ1n) is 28.2. The van der Waals surface area contributed by atoms with Crippen LogP contribution in [0.4, 0.5) is 34.1 Å². The second-order valence-electron chi connectivity index (χ2n) is 22.4. The molecule has 17 rings (SSSR count). The molecule has 5 aliphatic rings. The highest BCUT2D eigenvalue weighted by molar-refractivity contribution is 9.10. The molecule has 0 bridgehead atoms. The minimum Gasteiger partial charge on any atom is -0.453 e. The SMILES string of the molecule is Brc1ccc(-c2cccc3ccccc23)cc1.CC1(C)OB(c2ccc3c(c2)Oc2cccc4c2N3c2ccccc2O4)OC1(C)C.c1ccc2c(c1)Oc1cccc3c1N2c1ccc(-c2ccc(-c4cccc5ccccc45)cc2)cc1O3. The van der Waals surface area contributed by atoms with Gasteiger partial charge in [-0.05, 0) is 173 Å². The van der Waals surface area contributed by atoms with Crippen molar-refractivity contribution >= 4 is 84.2 Å². The Morgan fingerprint density at radius 2 is 0.690 bits per heavy atom. The van der Waals surface area contributed by atoms with E-state index in [1.54, 1.807) is 0 Å². The zero-order chi connectivity index (χ0) is 56.7. The van der Waals surface area contributed by atoms with Gasteiger partial charge in [0.1, 0.15) is 11.4 Å². The third-order valence-electron chi connectivity index (χ3n) is 16.7. The topological polar surface area (TPSA) is 61.9 Å².